The molecule has 0 saturated carbocycles. The van der Waals surface area contributed by atoms with E-state index in [0.717, 1.165) is 28.6 Å². The van der Waals surface area contributed by atoms with Gasteiger partial charge in [-0.05, 0) is 30.2 Å². The number of aromatic nitrogens is 1. The van der Waals surface area contributed by atoms with Crippen molar-refractivity contribution in [3.8, 4) is 0 Å². The van der Waals surface area contributed by atoms with Gasteiger partial charge in [-0.15, -0.1) is 0 Å². The van der Waals surface area contributed by atoms with E-state index in [1.807, 2.05) is 30.3 Å². The predicted octanol–water partition coefficient (Wildman–Crippen LogP) is 3.61. The highest BCUT2D eigenvalue weighted by atomic mass is 19.1. The van der Waals surface area contributed by atoms with Crippen molar-refractivity contribution in [3.63, 3.8) is 0 Å². The number of anilines is 2. The molecule has 0 aliphatic carbocycles. The zero-order valence-electron chi connectivity index (χ0n) is 11.5. The standard InChI is InChI=1S/C17H16FN3/c18-13-5-3-4-12(10-13)8-9-20-17-14-6-1-2-7-16(14)21-11-15(17)19/h1-7,10-11H,8-9,19H2,(H,20,21). The van der Waals surface area contributed by atoms with Crippen molar-refractivity contribution in [2.75, 3.05) is 17.6 Å². The number of halogens is 1. The summed E-state index contributed by atoms with van der Waals surface area (Å²) in [4.78, 5) is 4.30. The van der Waals surface area contributed by atoms with Crippen molar-refractivity contribution in [2.24, 2.45) is 0 Å². The zero-order chi connectivity index (χ0) is 14.7. The second-order valence-corrected chi connectivity index (χ2v) is 4.91. The number of fused-ring (bicyclic) bond motifs is 1. The Morgan fingerprint density at radius 3 is 2.81 bits per heavy atom. The average molecular weight is 281 g/mol. The quantitative estimate of drug-likeness (QED) is 0.768. The van der Waals surface area contributed by atoms with E-state index in [1.165, 1.54) is 6.07 Å². The average Bonchev–Trinajstić information content (AvgIpc) is 2.50. The van der Waals surface area contributed by atoms with Gasteiger partial charge in [0.15, 0.2) is 0 Å². The summed E-state index contributed by atoms with van der Waals surface area (Å²) in [7, 11) is 0. The molecule has 0 fully saturated rings. The minimum absolute atomic E-state index is 0.207. The van der Waals surface area contributed by atoms with Gasteiger partial charge in [0.05, 0.1) is 23.1 Å². The van der Waals surface area contributed by atoms with Gasteiger partial charge in [0.25, 0.3) is 0 Å². The van der Waals surface area contributed by atoms with Crippen LogP contribution in [0.2, 0.25) is 0 Å². The van der Waals surface area contributed by atoms with E-state index < -0.39 is 0 Å². The molecular formula is C17H16FN3. The number of nitrogen functional groups attached to an aromatic ring is 1. The first-order valence-electron chi connectivity index (χ1n) is 6.85. The minimum Gasteiger partial charge on any atom is -0.396 e. The highest BCUT2D eigenvalue weighted by Crippen LogP contribution is 2.27. The minimum atomic E-state index is -0.207. The normalized spacial score (nSPS) is 10.7. The fraction of sp³-hybridized carbons (Fsp3) is 0.118. The number of benzene rings is 2. The van der Waals surface area contributed by atoms with Crippen molar-refractivity contribution in [2.45, 2.75) is 6.42 Å². The van der Waals surface area contributed by atoms with Crippen molar-refractivity contribution in [3.05, 3.63) is 66.1 Å². The van der Waals surface area contributed by atoms with Crippen LogP contribution < -0.4 is 11.1 Å². The van der Waals surface area contributed by atoms with Crippen LogP contribution in [0.5, 0.6) is 0 Å². The summed E-state index contributed by atoms with van der Waals surface area (Å²) >= 11 is 0. The van der Waals surface area contributed by atoms with E-state index in [1.54, 1.807) is 18.3 Å². The third-order valence-electron chi connectivity index (χ3n) is 3.41. The number of para-hydroxylation sites is 1. The van der Waals surface area contributed by atoms with Crippen LogP contribution in [0.25, 0.3) is 10.9 Å². The number of hydrogen-bond donors (Lipinski definition) is 2. The van der Waals surface area contributed by atoms with E-state index in [9.17, 15) is 4.39 Å². The van der Waals surface area contributed by atoms with E-state index in [4.69, 9.17) is 5.73 Å². The lowest BCUT2D eigenvalue weighted by Crippen LogP contribution is -2.08. The number of rotatable bonds is 4. The Morgan fingerprint density at radius 2 is 1.95 bits per heavy atom. The van der Waals surface area contributed by atoms with Crippen molar-refractivity contribution in [1.29, 1.82) is 0 Å². The van der Waals surface area contributed by atoms with Crippen LogP contribution in [0.1, 0.15) is 5.56 Å². The lowest BCUT2D eigenvalue weighted by atomic mass is 10.1. The number of pyridine rings is 1. The summed E-state index contributed by atoms with van der Waals surface area (Å²) in [5.74, 6) is -0.207. The van der Waals surface area contributed by atoms with Crippen LogP contribution >= 0.6 is 0 Å². The van der Waals surface area contributed by atoms with Crippen LogP contribution in [0.4, 0.5) is 15.8 Å². The summed E-state index contributed by atoms with van der Waals surface area (Å²) in [6.07, 6.45) is 2.39. The molecule has 1 aromatic heterocycles. The second kappa shape index (κ2) is 5.79. The van der Waals surface area contributed by atoms with Gasteiger partial charge >= 0.3 is 0 Å². The van der Waals surface area contributed by atoms with Gasteiger partial charge in [0.2, 0.25) is 0 Å². The molecule has 21 heavy (non-hydrogen) atoms. The molecule has 3 aromatic rings. The summed E-state index contributed by atoms with van der Waals surface area (Å²) in [5.41, 5.74) is 9.37. The topological polar surface area (TPSA) is 50.9 Å². The van der Waals surface area contributed by atoms with Crippen LogP contribution in [-0.2, 0) is 6.42 Å². The molecule has 1 heterocycles. The Balaban J connectivity index is 1.77. The number of hydrogen-bond acceptors (Lipinski definition) is 3. The molecule has 0 aliphatic rings. The summed E-state index contributed by atoms with van der Waals surface area (Å²) in [6.45, 7) is 0.682. The maximum Gasteiger partial charge on any atom is 0.123 e. The van der Waals surface area contributed by atoms with Crippen LogP contribution in [0.15, 0.2) is 54.7 Å². The molecule has 106 valence electrons. The first-order valence-corrected chi connectivity index (χ1v) is 6.85. The highest BCUT2D eigenvalue weighted by Gasteiger charge is 2.05. The molecule has 0 spiro atoms. The van der Waals surface area contributed by atoms with Crippen molar-refractivity contribution >= 4 is 22.3 Å². The maximum absolute atomic E-state index is 13.1. The summed E-state index contributed by atoms with van der Waals surface area (Å²) in [6, 6.07) is 14.5. The van der Waals surface area contributed by atoms with Gasteiger partial charge in [0, 0.05) is 11.9 Å². The molecule has 2 aromatic carbocycles. The van der Waals surface area contributed by atoms with Crippen LogP contribution in [0, 0.1) is 5.82 Å². The lowest BCUT2D eigenvalue weighted by molar-refractivity contribution is 0.625. The Bertz CT molecular complexity index is 771. The molecule has 0 amide bonds. The molecule has 3 nitrogen and oxygen atoms in total. The van der Waals surface area contributed by atoms with E-state index in [2.05, 4.69) is 10.3 Å². The van der Waals surface area contributed by atoms with Gasteiger partial charge in [0.1, 0.15) is 5.82 Å². The van der Waals surface area contributed by atoms with E-state index in [-0.39, 0.29) is 5.82 Å². The third-order valence-corrected chi connectivity index (χ3v) is 3.41. The smallest absolute Gasteiger partial charge is 0.123 e. The van der Waals surface area contributed by atoms with E-state index in [0.29, 0.717) is 12.2 Å². The number of nitrogens with one attached hydrogen (secondary N) is 1. The fourth-order valence-corrected chi connectivity index (χ4v) is 2.38. The number of nitrogens with zero attached hydrogens (tertiary/aromatic N) is 1. The maximum atomic E-state index is 13.1. The molecule has 0 atom stereocenters. The first-order chi connectivity index (χ1) is 10.2. The van der Waals surface area contributed by atoms with Gasteiger partial charge in [-0.3, -0.25) is 4.98 Å². The molecule has 0 saturated heterocycles. The summed E-state index contributed by atoms with van der Waals surface area (Å²) < 4.78 is 13.1. The van der Waals surface area contributed by atoms with Gasteiger partial charge < -0.3 is 11.1 Å². The first kappa shape index (κ1) is 13.4. The largest absolute Gasteiger partial charge is 0.396 e. The highest BCUT2D eigenvalue weighted by molar-refractivity contribution is 5.96. The van der Waals surface area contributed by atoms with Crippen molar-refractivity contribution < 1.29 is 4.39 Å². The molecule has 4 heteroatoms. The molecule has 3 N–H and O–H groups in total. The molecule has 0 aliphatic heterocycles. The predicted molar refractivity (Wildman–Crippen MR) is 84.7 cm³/mol. The fourth-order valence-electron chi connectivity index (χ4n) is 2.38. The third kappa shape index (κ3) is 2.94. The lowest BCUT2D eigenvalue weighted by Gasteiger charge is -2.12. The Kier molecular flexibility index (Phi) is 3.69. The molecule has 0 radical (unpaired) electrons. The molecule has 0 unspecified atom stereocenters. The van der Waals surface area contributed by atoms with Gasteiger partial charge in [-0.25, -0.2) is 4.39 Å². The van der Waals surface area contributed by atoms with Crippen LogP contribution in [-0.4, -0.2) is 11.5 Å². The molecule has 3 rings (SSSR count). The number of nitrogens with two attached hydrogens (primary N) is 1. The SMILES string of the molecule is Nc1cnc2ccccc2c1NCCc1cccc(F)c1. The Labute approximate surface area is 122 Å². The molecule has 0 bridgehead atoms. The zero-order valence-corrected chi connectivity index (χ0v) is 11.5. The monoisotopic (exact) mass is 281 g/mol. The summed E-state index contributed by atoms with van der Waals surface area (Å²) in [5, 5.41) is 4.33. The van der Waals surface area contributed by atoms with E-state index >= 15 is 0 Å². The Hall–Kier alpha value is -2.62. The van der Waals surface area contributed by atoms with Crippen LogP contribution in [0.3, 0.4) is 0 Å². The van der Waals surface area contributed by atoms with Crippen molar-refractivity contribution in [1.82, 2.24) is 4.98 Å². The van der Waals surface area contributed by atoms with Gasteiger partial charge in [-0.1, -0.05) is 30.3 Å². The Morgan fingerprint density at radius 1 is 1.10 bits per heavy atom. The van der Waals surface area contributed by atoms with Gasteiger partial charge in [-0.2, -0.15) is 0 Å². The second-order valence-electron chi connectivity index (χ2n) is 4.91. The molecular weight excluding hydrogens is 265 g/mol.